The molecular formula is C18H23N3O2. The molecule has 5 heteroatoms. The van der Waals surface area contributed by atoms with Crippen molar-refractivity contribution in [1.82, 2.24) is 15.0 Å². The number of hydrogen-bond acceptors (Lipinski definition) is 5. The van der Waals surface area contributed by atoms with Crippen LogP contribution in [0.15, 0.2) is 35.2 Å². The first-order chi connectivity index (χ1) is 11.4. The van der Waals surface area contributed by atoms with Gasteiger partial charge in [0.2, 0.25) is 6.39 Å². The van der Waals surface area contributed by atoms with E-state index in [1.165, 1.54) is 12.0 Å². The number of ether oxygens (including phenoxy) is 1. The fraction of sp³-hybridized carbons (Fsp3) is 0.556. The van der Waals surface area contributed by atoms with E-state index in [9.17, 15) is 0 Å². The summed E-state index contributed by atoms with van der Waals surface area (Å²) < 4.78 is 10.8. The molecule has 1 unspecified atom stereocenters. The third-order valence-electron chi connectivity index (χ3n) is 5.11. The number of para-hydroxylation sites is 1. The van der Waals surface area contributed by atoms with Crippen LogP contribution in [0.5, 0.6) is 5.75 Å². The Kier molecular flexibility index (Phi) is 4.28. The van der Waals surface area contributed by atoms with Crippen LogP contribution in [0.2, 0.25) is 0 Å². The number of piperidine rings is 1. The zero-order valence-electron chi connectivity index (χ0n) is 13.4. The van der Waals surface area contributed by atoms with Crippen molar-refractivity contribution in [2.75, 3.05) is 26.2 Å². The molecule has 4 rings (SSSR count). The van der Waals surface area contributed by atoms with Crippen molar-refractivity contribution in [3.05, 3.63) is 42.0 Å². The van der Waals surface area contributed by atoms with E-state index < -0.39 is 0 Å². The second kappa shape index (κ2) is 6.71. The first kappa shape index (κ1) is 14.7. The van der Waals surface area contributed by atoms with E-state index in [1.54, 1.807) is 0 Å². The fourth-order valence-electron chi connectivity index (χ4n) is 3.82. The minimum Gasteiger partial charge on any atom is -0.493 e. The summed E-state index contributed by atoms with van der Waals surface area (Å²) in [6.07, 6.45) is 5.95. The smallest absolute Gasteiger partial charge is 0.213 e. The van der Waals surface area contributed by atoms with Gasteiger partial charge in [0.1, 0.15) is 5.75 Å². The highest BCUT2D eigenvalue weighted by Crippen LogP contribution is 2.29. The Balaban J connectivity index is 1.33. The third kappa shape index (κ3) is 3.39. The zero-order valence-corrected chi connectivity index (χ0v) is 13.4. The number of fused-ring (bicyclic) bond motifs is 1. The molecule has 0 radical (unpaired) electrons. The maximum absolute atomic E-state index is 5.89. The van der Waals surface area contributed by atoms with Gasteiger partial charge >= 0.3 is 0 Å². The number of nitrogens with zero attached hydrogens (tertiary/aromatic N) is 3. The average Bonchev–Trinajstić information content (AvgIpc) is 3.04. The summed E-state index contributed by atoms with van der Waals surface area (Å²) in [5, 5.41) is 4.00. The van der Waals surface area contributed by atoms with Crippen LogP contribution in [0.3, 0.4) is 0 Å². The molecule has 0 saturated carbocycles. The van der Waals surface area contributed by atoms with Gasteiger partial charge in [0, 0.05) is 12.5 Å². The van der Waals surface area contributed by atoms with Crippen LogP contribution in [0.1, 0.15) is 36.6 Å². The highest BCUT2D eigenvalue weighted by atomic mass is 16.5. The molecule has 1 aromatic carbocycles. The third-order valence-corrected chi connectivity index (χ3v) is 5.11. The van der Waals surface area contributed by atoms with E-state index in [1.807, 2.05) is 0 Å². The van der Waals surface area contributed by atoms with Gasteiger partial charge in [-0.3, -0.25) is 0 Å². The molecule has 0 spiro atoms. The van der Waals surface area contributed by atoms with Crippen molar-refractivity contribution in [2.24, 2.45) is 5.92 Å². The molecule has 1 aromatic heterocycles. The molecule has 2 aliphatic rings. The van der Waals surface area contributed by atoms with E-state index in [4.69, 9.17) is 9.26 Å². The first-order valence-corrected chi connectivity index (χ1v) is 8.58. The van der Waals surface area contributed by atoms with Crippen molar-refractivity contribution >= 4 is 0 Å². The number of benzene rings is 1. The molecular weight excluding hydrogens is 290 g/mol. The standard InChI is InChI=1S/C18H23N3O2/c1-2-4-17-16(3-1)11-14(7-10-22-17)12-21-8-5-15(6-9-21)18-19-13-23-20-18/h1-4,13-15H,5-12H2. The summed E-state index contributed by atoms with van der Waals surface area (Å²) in [7, 11) is 0. The lowest BCUT2D eigenvalue weighted by Crippen LogP contribution is -2.37. The number of likely N-dealkylation sites (tertiary alicyclic amines) is 1. The fourth-order valence-corrected chi connectivity index (χ4v) is 3.82. The quantitative estimate of drug-likeness (QED) is 0.872. The molecule has 2 aromatic rings. The topological polar surface area (TPSA) is 51.4 Å². The normalized spacial score (nSPS) is 23.0. The van der Waals surface area contributed by atoms with Gasteiger partial charge in [-0.15, -0.1) is 0 Å². The summed E-state index contributed by atoms with van der Waals surface area (Å²) in [5.74, 6) is 3.09. The zero-order chi connectivity index (χ0) is 15.5. The van der Waals surface area contributed by atoms with Gasteiger partial charge in [-0.2, -0.15) is 4.98 Å². The Morgan fingerprint density at radius 2 is 2.00 bits per heavy atom. The van der Waals surface area contributed by atoms with Crippen molar-refractivity contribution in [1.29, 1.82) is 0 Å². The summed E-state index contributed by atoms with van der Waals surface area (Å²) in [4.78, 5) is 6.80. The molecule has 2 aliphatic heterocycles. The lowest BCUT2D eigenvalue weighted by Gasteiger charge is -2.33. The number of hydrogen-bond donors (Lipinski definition) is 0. The van der Waals surface area contributed by atoms with E-state index in [-0.39, 0.29) is 0 Å². The van der Waals surface area contributed by atoms with Crippen molar-refractivity contribution in [3.8, 4) is 5.75 Å². The van der Waals surface area contributed by atoms with Crippen LogP contribution in [-0.2, 0) is 6.42 Å². The van der Waals surface area contributed by atoms with Crippen LogP contribution in [0, 0.1) is 5.92 Å². The van der Waals surface area contributed by atoms with Gasteiger partial charge < -0.3 is 14.2 Å². The molecule has 1 saturated heterocycles. The molecule has 0 N–H and O–H groups in total. The van der Waals surface area contributed by atoms with Crippen LogP contribution in [-0.4, -0.2) is 41.3 Å². The van der Waals surface area contributed by atoms with Gasteiger partial charge in [-0.25, -0.2) is 0 Å². The Morgan fingerprint density at radius 1 is 1.13 bits per heavy atom. The van der Waals surface area contributed by atoms with Gasteiger partial charge in [-0.05, 0) is 56.3 Å². The van der Waals surface area contributed by atoms with Gasteiger partial charge in [0.05, 0.1) is 6.61 Å². The summed E-state index contributed by atoms with van der Waals surface area (Å²) in [6, 6.07) is 8.47. The molecule has 0 bridgehead atoms. The predicted molar refractivity (Wildman–Crippen MR) is 86.5 cm³/mol. The summed E-state index contributed by atoms with van der Waals surface area (Å²) >= 11 is 0. The Morgan fingerprint density at radius 3 is 2.83 bits per heavy atom. The maximum Gasteiger partial charge on any atom is 0.213 e. The van der Waals surface area contributed by atoms with E-state index >= 15 is 0 Å². The predicted octanol–water partition coefficient (Wildman–Crippen LogP) is 2.89. The maximum atomic E-state index is 5.89. The van der Waals surface area contributed by atoms with Crippen molar-refractivity contribution < 1.29 is 9.26 Å². The average molecular weight is 313 g/mol. The minimum absolute atomic E-state index is 0.461. The van der Waals surface area contributed by atoms with Gasteiger partial charge in [0.15, 0.2) is 5.82 Å². The number of aromatic nitrogens is 2. The summed E-state index contributed by atoms with van der Waals surface area (Å²) in [6.45, 7) is 4.24. The molecule has 3 heterocycles. The lowest BCUT2D eigenvalue weighted by atomic mass is 9.92. The van der Waals surface area contributed by atoms with E-state index in [0.29, 0.717) is 11.8 Å². The largest absolute Gasteiger partial charge is 0.493 e. The summed E-state index contributed by atoms with van der Waals surface area (Å²) in [5.41, 5.74) is 1.36. The highest BCUT2D eigenvalue weighted by molar-refractivity contribution is 5.34. The monoisotopic (exact) mass is 313 g/mol. The van der Waals surface area contributed by atoms with Crippen LogP contribution in [0.4, 0.5) is 0 Å². The SMILES string of the molecule is c1ccc2c(c1)CC(CN1CCC(c3ncon3)CC1)CCO2. The Labute approximate surface area is 136 Å². The molecule has 1 atom stereocenters. The molecule has 0 aliphatic carbocycles. The Hall–Kier alpha value is -1.88. The van der Waals surface area contributed by atoms with Crippen LogP contribution < -0.4 is 4.74 Å². The molecule has 0 amide bonds. The van der Waals surface area contributed by atoms with Gasteiger partial charge in [-0.1, -0.05) is 23.4 Å². The first-order valence-electron chi connectivity index (χ1n) is 8.58. The molecule has 1 fully saturated rings. The second-order valence-corrected chi connectivity index (χ2v) is 6.68. The Bertz CT molecular complexity index is 621. The molecule has 5 nitrogen and oxygen atoms in total. The van der Waals surface area contributed by atoms with Crippen LogP contribution in [0.25, 0.3) is 0 Å². The minimum atomic E-state index is 0.461. The molecule has 122 valence electrons. The number of rotatable bonds is 3. The van der Waals surface area contributed by atoms with E-state index in [2.05, 4.69) is 39.3 Å². The van der Waals surface area contributed by atoms with E-state index in [0.717, 1.165) is 63.5 Å². The van der Waals surface area contributed by atoms with Crippen molar-refractivity contribution in [2.45, 2.75) is 31.6 Å². The van der Waals surface area contributed by atoms with Gasteiger partial charge in [0.25, 0.3) is 0 Å². The molecule has 23 heavy (non-hydrogen) atoms. The van der Waals surface area contributed by atoms with Crippen molar-refractivity contribution in [3.63, 3.8) is 0 Å². The highest BCUT2D eigenvalue weighted by Gasteiger charge is 2.26. The second-order valence-electron chi connectivity index (χ2n) is 6.68. The van der Waals surface area contributed by atoms with Crippen LogP contribution >= 0.6 is 0 Å². The lowest BCUT2D eigenvalue weighted by molar-refractivity contribution is 0.169.